The van der Waals surface area contributed by atoms with Gasteiger partial charge in [-0.1, -0.05) is 60.8 Å². The molecule has 0 heterocycles. The van der Waals surface area contributed by atoms with Crippen molar-refractivity contribution in [1.29, 1.82) is 0 Å². The Hall–Kier alpha value is -1.34. The van der Waals surface area contributed by atoms with E-state index in [9.17, 15) is 0 Å². The number of rotatable bonds is 13. The van der Waals surface area contributed by atoms with Crippen LogP contribution in [0.4, 0.5) is 0 Å². The summed E-state index contributed by atoms with van der Waals surface area (Å²) in [5, 5.41) is 0. The number of unbranched alkanes of at least 4 members (excludes halogenated alkanes) is 3. The summed E-state index contributed by atoms with van der Waals surface area (Å²) >= 11 is 0. The highest BCUT2D eigenvalue weighted by atomic mass is 14.5. The minimum Gasteiger partial charge on any atom is -0.330 e. The monoisotopic (exact) mass is 287 g/mol. The van der Waals surface area contributed by atoms with E-state index in [2.05, 4.69) is 67.7 Å². The molecule has 0 saturated carbocycles. The van der Waals surface area contributed by atoms with Gasteiger partial charge in [-0.25, -0.2) is 0 Å². The lowest BCUT2D eigenvalue weighted by molar-refractivity contribution is 0.850. The summed E-state index contributed by atoms with van der Waals surface area (Å²) in [4.78, 5) is 0. The van der Waals surface area contributed by atoms with Gasteiger partial charge in [0.2, 0.25) is 0 Å². The van der Waals surface area contributed by atoms with Gasteiger partial charge in [0.15, 0.2) is 0 Å². The third-order valence-corrected chi connectivity index (χ3v) is 3.02. The van der Waals surface area contributed by atoms with E-state index in [0.29, 0.717) is 0 Å². The Kier molecular flexibility index (Phi) is 17.5. The van der Waals surface area contributed by atoms with Crippen LogP contribution in [0.5, 0.6) is 0 Å². The summed E-state index contributed by atoms with van der Waals surface area (Å²) in [7, 11) is 0. The van der Waals surface area contributed by atoms with Crippen molar-refractivity contribution in [3.05, 3.63) is 60.8 Å². The van der Waals surface area contributed by atoms with E-state index in [1.807, 2.05) is 0 Å². The standard InChI is InChI=1S/C20H33N/c1-2-3-4-5-6-7-8-9-10-11-12-13-14-15-16-17-18-19-20-21/h2-3,5-6,8-9,12-13,16-17H,4,7,10-11,14-15,18-21H2,1H3. The zero-order valence-corrected chi connectivity index (χ0v) is 13.7. The van der Waals surface area contributed by atoms with Crippen molar-refractivity contribution in [1.82, 2.24) is 0 Å². The zero-order chi connectivity index (χ0) is 15.4. The van der Waals surface area contributed by atoms with E-state index < -0.39 is 0 Å². The first-order chi connectivity index (χ1) is 10.4. The van der Waals surface area contributed by atoms with Gasteiger partial charge in [-0.2, -0.15) is 0 Å². The van der Waals surface area contributed by atoms with Gasteiger partial charge in [0.25, 0.3) is 0 Å². The molecule has 0 aromatic rings. The maximum Gasteiger partial charge on any atom is -0.00743 e. The van der Waals surface area contributed by atoms with E-state index in [-0.39, 0.29) is 0 Å². The maximum absolute atomic E-state index is 5.44. The maximum atomic E-state index is 5.44. The molecule has 118 valence electrons. The Balaban J connectivity index is 3.35. The van der Waals surface area contributed by atoms with Crippen LogP contribution in [0.3, 0.4) is 0 Å². The Morgan fingerprint density at radius 3 is 1.52 bits per heavy atom. The van der Waals surface area contributed by atoms with E-state index in [1.165, 1.54) is 0 Å². The van der Waals surface area contributed by atoms with Gasteiger partial charge in [-0.05, 0) is 64.8 Å². The Morgan fingerprint density at radius 1 is 0.571 bits per heavy atom. The largest absolute Gasteiger partial charge is 0.330 e. The van der Waals surface area contributed by atoms with Crippen LogP contribution in [-0.2, 0) is 0 Å². The molecule has 0 aliphatic rings. The second-order valence-electron chi connectivity index (χ2n) is 5.01. The molecule has 2 N–H and O–H groups in total. The number of hydrogen-bond acceptors (Lipinski definition) is 1. The molecule has 0 radical (unpaired) electrons. The Labute approximate surface area is 132 Å². The fraction of sp³-hybridized carbons (Fsp3) is 0.500. The summed E-state index contributed by atoms with van der Waals surface area (Å²) in [5.74, 6) is 0. The quantitative estimate of drug-likeness (QED) is 0.333. The van der Waals surface area contributed by atoms with E-state index in [0.717, 1.165) is 57.9 Å². The molecule has 0 unspecified atom stereocenters. The van der Waals surface area contributed by atoms with Crippen LogP contribution in [-0.4, -0.2) is 6.54 Å². The first-order valence-corrected chi connectivity index (χ1v) is 8.33. The first kappa shape index (κ1) is 19.7. The molecule has 0 aromatic carbocycles. The predicted octanol–water partition coefficient (Wildman–Crippen LogP) is 5.87. The summed E-state index contributed by atoms with van der Waals surface area (Å²) in [5.41, 5.74) is 5.44. The molecule has 0 rings (SSSR count). The van der Waals surface area contributed by atoms with Gasteiger partial charge in [0.1, 0.15) is 0 Å². The second-order valence-corrected chi connectivity index (χ2v) is 5.01. The normalized spacial score (nSPS) is 13.0. The van der Waals surface area contributed by atoms with Crippen LogP contribution in [0.15, 0.2) is 60.8 Å². The molecule has 1 nitrogen and oxygen atoms in total. The third-order valence-electron chi connectivity index (χ3n) is 3.02. The average molecular weight is 287 g/mol. The third kappa shape index (κ3) is 18.7. The van der Waals surface area contributed by atoms with Crippen molar-refractivity contribution in [2.24, 2.45) is 5.73 Å². The number of hydrogen-bond donors (Lipinski definition) is 1. The van der Waals surface area contributed by atoms with Crippen LogP contribution < -0.4 is 5.73 Å². The van der Waals surface area contributed by atoms with Crippen LogP contribution in [0.1, 0.15) is 58.3 Å². The SMILES string of the molecule is CC=CCC=CCC=CCCC=CCCC=CCCCN. The molecular weight excluding hydrogens is 254 g/mol. The molecule has 0 aliphatic carbocycles. The fourth-order valence-electron chi connectivity index (χ4n) is 1.79. The van der Waals surface area contributed by atoms with Gasteiger partial charge < -0.3 is 5.73 Å². The molecule has 0 atom stereocenters. The molecule has 21 heavy (non-hydrogen) atoms. The van der Waals surface area contributed by atoms with Crippen molar-refractivity contribution in [2.45, 2.75) is 58.3 Å². The van der Waals surface area contributed by atoms with E-state index >= 15 is 0 Å². The minimum atomic E-state index is 0.795. The molecule has 0 aliphatic heterocycles. The summed E-state index contributed by atoms with van der Waals surface area (Å²) in [6, 6.07) is 0. The highest BCUT2D eigenvalue weighted by Gasteiger charge is 1.80. The number of nitrogens with two attached hydrogens (primary N) is 1. The van der Waals surface area contributed by atoms with Gasteiger partial charge >= 0.3 is 0 Å². The van der Waals surface area contributed by atoms with Gasteiger partial charge in [0, 0.05) is 0 Å². The summed E-state index contributed by atoms with van der Waals surface area (Å²) in [6.45, 7) is 2.85. The highest BCUT2D eigenvalue weighted by Crippen LogP contribution is 2.00. The molecule has 0 fully saturated rings. The predicted molar refractivity (Wildman–Crippen MR) is 97.4 cm³/mol. The molecule has 0 amide bonds. The van der Waals surface area contributed by atoms with Crippen LogP contribution in [0.2, 0.25) is 0 Å². The van der Waals surface area contributed by atoms with Gasteiger partial charge in [0.05, 0.1) is 0 Å². The molecule has 0 saturated heterocycles. The van der Waals surface area contributed by atoms with Crippen molar-refractivity contribution < 1.29 is 0 Å². The zero-order valence-electron chi connectivity index (χ0n) is 13.7. The molecule has 0 spiro atoms. The molecule has 0 bridgehead atoms. The first-order valence-electron chi connectivity index (χ1n) is 8.33. The average Bonchev–Trinajstić information content (AvgIpc) is 2.50. The fourth-order valence-corrected chi connectivity index (χ4v) is 1.79. The minimum absolute atomic E-state index is 0.795. The van der Waals surface area contributed by atoms with E-state index in [1.54, 1.807) is 0 Å². The summed E-state index contributed by atoms with van der Waals surface area (Å²) < 4.78 is 0. The second kappa shape index (κ2) is 18.7. The Morgan fingerprint density at radius 2 is 1.00 bits per heavy atom. The van der Waals surface area contributed by atoms with Crippen LogP contribution >= 0.6 is 0 Å². The molecular formula is C20H33N. The van der Waals surface area contributed by atoms with Gasteiger partial charge in [-0.3, -0.25) is 0 Å². The van der Waals surface area contributed by atoms with Gasteiger partial charge in [-0.15, -0.1) is 0 Å². The molecule has 0 aromatic heterocycles. The smallest absolute Gasteiger partial charge is 0.00743 e. The summed E-state index contributed by atoms with van der Waals surface area (Å²) in [6.07, 6.45) is 31.2. The van der Waals surface area contributed by atoms with Crippen molar-refractivity contribution in [3.63, 3.8) is 0 Å². The molecule has 1 heteroatoms. The van der Waals surface area contributed by atoms with E-state index in [4.69, 9.17) is 5.73 Å². The van der Waals surface area contributed by atoms with Crippen molar-refractivity contribution in [3.8, 4) is 0 Å². The lowest BCUT2D eigenvalue weighted by Crippen LogP contribution is -1.96. The highest BCUT2D eigenvalue weighted by molar-refractivity contribution is 4.97. The lowest BCUT2D eigenvalue weighted by Gasteiger charge is -1.90. The van der Waals surface area contributed by atoms with Crippen molar-refractivity contribution in [2.75, 3.05) is 6.54 Å². The topological polar surface area (TPSA) is 26.0 Å². The Bertz CT molecular complexity index is 332. The van der Waals surface area contributed by atoms with Crippen LogP contribution in [0.25, 0.3) is 0 Å². The van der Waals surface area contributed by atoms with Crippen molar-refractivity contribution >= 4 is 0 Å². The number of allylic oxidation sites excluding steroid dienone is 10. The lowest BCUT2D eigenvalue weighted by atomic mass is 10.2. The van der Waals surface area contributed by atoms with Crippen LogP contribution in [0, 0.1) is 0 Å².